The van der Waals surface area contributed by atoms with E-state index in [-0.39, 0.29) is 15.6 Å². The van der Waals surface area contributed by atoms with Gasteiger partial charge < -0.3 is 11.1 Å². The van der Waals surface area contributed by atoms with E-state index in [4.69, 9.17) is 41.2 Å². The van der Waals surface area contributed by atoms with Gasteiger partial charge in [-0.1, -0.05) is 35.4 Å². The van der Waals surface area contributed by atoms with Crippen molar-refractivity contribution in [3.63, 3.8) is 0 Å². The van der Waals surface area contributed by atoms with E-state index in [0.29, 0.717) is 16.3 Å². The number of hydrogen-bond donors (Lipinski definition) is 2. The first-order valence-corrected chi connectivity index (χ1v) is 6.90. The summed E-state index contributed by atoms with van der Waals surface area (Å²) in [5, 5.41) is 3.17. The van der Waals surface area contributed by atoms with Crippen LogP contribution in [0.1, 0.15) is 15.9 Å². The van der Waals surface area contributed by atoms with Crippen molar-refractivity contribution in [3.8, 4) is 0 Å². The molecule has 2 rings (SSSR count). The highest BCUT2D eigenvalue weighted by atomic mass is 35.5. The minimum atomic E-state index is -0.684. The second kappa shape index (κ2) is 6.39. The molecule has 0 aliphatic heterocycles. The SMILES string of the molecule is NC(=S)c1ccc(Cl)cc1NC(=O)c1cc(Cl)ccc1F. The Labute approximate surface area is 135 Å². The molecule has 2 aromatic carbocycles. The molecule has 0 aliphatic rings. The maximum Gasteiger partial charge on any atom is 0.258 e. The maximum absolute atomic E-state index is 13.7. The fourth-order valence-electron chi connectivity index (χ4n) is 1.70. The number of hydrogen-bond acceptors (Lipinski definition) is 2. The van der Waals surface area contributed by atoms with Gasteiger partial charge in [-0.25, -0.2) is 4.39 Å². The first kappa shape index (κ1) is 15.7. The van der Waals surface area contributed by atoms with Crippen molar-refractivity contribution in [1.29, 1.82) is 0 Å². The van der Waals surface area contributed by atoms with Crippen molar-refractivity contribution < 1.29 is 9.18 Å². The minimum absolute atomic E-state index is 0.0912. The summed E-state index contributed by atoms with van der Waals surface area (Å²) in [5.74, 6) is -1.36. The number of anilines is 1. The highest BCUT2D eigenvalue weighted by molar-refractivity contribution is 7.80. The van der Waals surface area contributed by atoms with E-state index in [1.807, 2.05) is 0 Å². The van der Waals surface area contributed by atoms with E-state index in [1.165, 1.54) is 18.2 Å². The number of carbonyl (C=O) groups excluding carboxylic acids is 1. The number of amides is 1. The Bertz CT molecular complexity index is 737. The number of nitrogens with one attached hydrogen (secondary N) is 1. The number of benzene rings is 2. The second-order valence-corrected chi connectivity index (χ2v) is 5.45. The van der Waals surface area contributed by atoms with Gasteiger partial charge in [0.15, 0.2) is 0 Å². The Morgan fingerprint density at radius 2 is 1.71 bits per heavy atom. The highest BCUT2D eigenvalue weighted by Gasteiger charge is 2.15. The molecule has 0 atom stereocenters. The average molecular weight is 343 g/mol. The predicted octanol–water partition coefficient (Wildman–Crippen LogP) is 4.02. The highest BCUT2D eigenvalue weighted by Crippen LogP contribution is 2.23. The van der Waals surface area contributed by atoms with Gasteiger partial charge in [-0.05, 0) is 36.4 Å². The average Bonchev–Trinajstić information content (AvgIpc) is 2.41. The van der Waals surface area contributed by atoms with Crippen LogP contribution in [0.4, 0.5) is 10.1 Å². The summed E-state index contributed by atoms with van der Waals surface area (Å²) in [5.41, 5.74) is 6.13. The van der Waals surface area contributed by atoms with Crippen molar-refractivity contribution in [2.24, 2.45) is 5.73 Å². The van der Waals surface area contributed by atoms with Crippen molar-refractivity contribution in [3.05, 3.63) is 63.4 Å². The van der Waals surface area contributed by atoms with Crippen LogP contribution in [0.3, 0.4) is 0 Å². The lowest BCUT2D eigenvalue weighted by Crippen LogP contribution is -2.18. The molecule has 0 aromatic heterocycles. The van der Waals surface area contributed by atoms with E-state index in [9.17, 15) is 9.18 Å². The molecule has 7 heteroatoms. The molecule has 108 valence electrons. The van der Waals surface area contributed by atoms with Crippen LogP contribution in [0.25, 0.3) is 0 Å². The van der Waals surface area contributed by atoms with Crippen LogP contribution in [0.2, 0.25) is 10.0 Å². The summed E-state index contributed by atoms with van der Waals surface area (Å²) in [6.07, 6.45) is 0. The van der Waals surface area contributed by atoms with Crippen molar-refractivity contribution in [1.82, 2.24) is 0 Å². The molecule has 0 saturated carbocycles. The Morgan fingerprint density at radius 1 is 1.10 bits per heavy atom. The van der Waals surface area contributed by atoms with Crippen LogP contribution in [-0.2, 0) is 0 Å². The molecule has 1 amide bonds. The second-order valence-electron chi connectivity index (χ2n) is 4.13. The standard InChI is InChI=1S/C14H9Cl2FN2OS/c15-7-2-4-11(17)10(5-7)14(20)19-12-6-8(16)1-3-9(12)13(18)21/h1-6H,(H2,18,21)(H,19,20). The van der Waals surface area contributed by atoms with Gasteiger partial charge in [0.05, 0.1) is 11.3 Å². The summed E-state index contributed by atoms with van der Waals surface area (Å²) in [4.78, 5) is 12.2. The van der Waals surface area contributed by atoms with Crippen LogP contribution < -0.4 is 11.1 Å². The minimum Gasteiger partial charge on any atom is -0.389 e. The Balaban J connectivity index is 2.38. The number of carbonyl (C=O) groups is 1. The molecule has 0 spiro atoms. The van der Waals surface area contributed by atoms with Crippen molar-refractivity contribution in [2.45, 2.75) is 0 Å². The van der Waals surface area contributed by atoms with Crippen LogP contribution in [0.15, 0.2) is 36.4 Å². The molecule has 0 saturated heterocycles. The first-order chi connectivity index (χ1) is 9.88. The zero-order valence-electron chi connectivity index (χ0n) is 10.5. The molecular weight excluding hydrogens is 334 g/mol. The molecule has 0 unspecified atom stereocenters. The summed E-state index contributed by atoms with van der Waals surface area (Å²) >= 11 is 16.5. The topological polar surface area (TPSA) is 55.1 Å². The van der Waals surface area contributed by atoms with Crippen LogP contribution >= 0.6 is 35.4 Å². The third kappa shape index (κ3) is 3.69. The lowest BCUT2D eigenvalue weighted by Gasteiger charge is -2.11. The van der Waals surface area contributed by atoms with E-state index in [0.717, 1.165) is 6.07 Å². The zero-order chi connectivity index (χ0) is 15.6. The predicted molar refractivity (Wildman–Crippen MR) is 86.7 cm³/mol. The lowest BCUT2D eigenvalue weighted by molar-refractivity contribution is 0.102. The van der Waals surface area contributed by atoms with E-state index >= 15 is 0 Å². The van der Waals surface area contributed by atoms with Gasteiger partial charge in [0.2, 0.25) is 0 Å². The van der Waals surface area contributed by atoms with Crippen molar-refractivity contribution in [2.75, 3.05) is 5.32 Å². The summed E-state index contributed by atoms with van der Waals surface area (Å²) in [6.45, 7) is 0. The smallest absolute Gasteiger partial charge is 0.258 e. The lowest BCUT2D eigenvalue weighted by atomic mass is 10.1. The molecule has 2 aromatic rings. The van der Waals surface area contributed by atoms with Crippen LogP contribution in [0.5, 0.6) is 0 Å². The maximum atomic E-state index is 13.7. The molecule has 3 N–H and O–H groups in total. The van der Waals surface area contributed by atoms with E-state index < -0.39 is 11.7 Å². The molecule has 0 radical (unpaired) electrons. The van der Waals surface area contributed by atoms with Gasteiger partial charge in [0, 0.05) is 15.6 Å². The summed E-state index contributed by atoms with van der Waals surface area (Å²) in [6, 6.07) is 8.35. The number of nitrogens with two attached hydrogens (primary N) is 1. The fourth-order valence-corrected chi connectivity index (χ4v) is 2.22. The molecule has 0 fully saturated rings. The van der Waals surface area contributed by atoms with Gasteiger partial charge in [0.1, 0.15) is 10.8 Å². The molecule has 0 heterocycles. The third-order valence-electron chi connectivity index (χ3n) is 2.67. The van der Waals surface area contributed by atoms with Crippen molar-refractivity contribution >= 4 is 52.0 Å². The fraction of sp³-hybridized carbons (Fsp3) is 0. The molecule has 0 bridgehead atoms. The van der Waals surface area contributed by atoms with E-state index in [1.54, 1.807) is 12.1 Å². The molecule has 3 nitrogen and oxygen atoms in total. The zero-order valence-corrected chi connectivity index (χ0v) is 12.8. The summed E-state index contributed by atoms with van der Waals surface area (Å²) < 4.78 is 13.7. The number of rotatable bonds is 3. The molecule has 21 heavy (non-hydrogen) atoms. The number of halogens is 3. The monoisotopic (exact) mass is 342 g/mol. The first-order valence-electron chi connectivity index (χ1n) is 5.74. The van der Waals surface area contributed by atoms with Gasteiger partial charge in [-0.15, -0.1) is 0 Å². The largest absolute Gasteiger partial charge is 0.389 e. The third-order valence-corrected chi connectivity index (χ3v) is 3.36. The Kier molecular flexibility index (Phi) is 4.77. The number of thiocarbonyl (C=S) groups is 1. The normalized spacial score (nSPS) is 10.2. The Hall–Kier alpha value is -1.69. The van der Waals surface area contributed by atoms with Gasteiger partial charge >= 0.3 is 0 Å². The summed E-state index contributed by atoms with van der Waals surface area (Å²) in [7, 11) is 0. The molecular formula is C14H9Cl2FN2OS. The van der Waals surface area contributed by atoms with Crippen LogP contribution in [-0.4, -0.2) is 10.9 Å². The quantitative estimate of drug-likeness (QED) is 0.828. The van der Waals surface area contributed by atoms with Gasteiger partial charge in [-0.2, -0.15) is 0 Å². The Morgan fingerprint density at radius 3 is 2.38 bits per heavy atom. The molecule has 0 aliphatic carbocycles. The van der Waals surface area contributed by atoms with Crippen LogP contribution in [0, 0.1) is 5.82 Å². The van der Waals surface area contributed by atoms with E-state index in [2.05, 4.69) is 5.32 Å². The van der Waals surface area contributed by atoms with Gasteiger partial charge in [0.25, 0.3) is 5.91 Å². The van der Waals surface area contributed by atoms with Gasteiger partial charge in [-0.3, -0.25) is 4.79 Å².